The van der Waals surface area contributed by atoms with E-state index in [-0.39, 0.29) is 17.4 Å². The van der Waals surface area contributed by atoms with Crippen LogP contribution in [0.3, 0.4) is 0 Å². The molecule has 1 heterocycles. The van der Waals surface area contributed by atoms with Gasteiger partial charge in [-0.2, -0.15) is 15.0 Å². The summed E-state index contributed by atoms with van der Waals surface area (Å²) in [6, 6.07) is 13.1. The number of para-hydroxylation sites is 1. The summed E-state index contributed by atoms with van der Waals surface area (Å²) in [6.07, 6.45) is 3.41. The van der Waals surface area contributed by atoms with Gasteiger partial charge in [0.1, 0.15) is 12.0 Å². The largest absolute Gasteiger partial charge is 0.476 e. The lowest BCUT2D eigenvalue weighted by Gasteiger charge is -2.34. The first-order chi connectivity index (χ1) is 15.8. The van der Waals surface area contributed by atoms with E-state index in [0.717, 1.165) is 24.9 Å². The molecule has 0 fully saturated rings. The summed E-state index contributed by atoms with van der Waals surface area (Å²) in [7, 11) is -3.17. The molecule has 0 saturated heterocycles. The molecule has 0 bridgehead atoms. The summed E-state index contributed by atoms with van der Waals surface area (Å²) >= 11 is 1.45. The molecule has 2 aromatic rings. The number of aliphatic carboxylic acids is 1. The number of thioether (sulfide) groups is 1. The van der Waals surface area contributed by atoms with Gasteiger partial charge in [0.2, 0.25) is 5.83 Å². The van der Waals surface area contributed by atoms with E-state index in [1.807, 2.05) is 43.3 Å². The normalized spacial score (nSPS) is 18.9. The van der Waals surface area contributed by atoms with Crippen molar-refractivity contribution in [2.45, 2.75) is 42.9 Å². The Morgan fingerprint density at radius 3 is 2.64 bits per heavy atom. The van der Waals surface area contributed by atoms with Crippen molar-refractivity contribution in [2.75, 3.05) is 23.0 Å². The SMILES string of the molecule is CCCC[C@H]1CN(c2ccccc2)c2cc(SCC)c(O/C=C(\F)C(=O)O)cc2S(O)(O)C1. The molecule has 9 heteroatoms. The number of ether oxygens (including phenoxy) is 1. The predicted octanol–water partition coefficient (Wildman–Crippen LogP) is 7.14. The number of anilines is 2. The van der Waals surface area contributed by atoms with E-state index in [1.54, 1.807) is 0 Å². The van der Waals surface area contributed by atoms with Gasteiger partial charge >= 0.3 is 5.97 Å². The fourth-order valence-electron chi connectivity index (χ4n) is 3.88. The quantitative estimate of drug-likeness (QED) is 0.193. The molecule has 0 aliphatic carbocycles. The molecule has 33 heavy (non-hydrogen) atoms. The highest BCUT2D eigenvalue weighted by atomic mass is 32.3. The first-order valence-electron chi connectivity index (χ1n) is 10.9. The predicted molar refractivity (Wildman–Crippen MR) is 133 cm³/mol. The van der Waals surface area contributed by atoms with Crippen molar-refractivity contribution in [3.63, 3.8) is 0 Å². The minimum atomic E-state index is -3.17. The number of halogens is 1. The molecular weight excluding hydrogens is 465 g/mol. The van der Waals surface area contributed by atoms with Crippen LogP contribution in [0, 0.1) is 5.92 Å². The summed E-state index contributed by atoms with van der Waals surface area (Å²) in [5.74, 6) is -1.98. The van der Waals surface area contributed by atoms with Crippen molar-refractivity contribution in [3.05, 3.63) is 54.6 Å². The van der Waals surface area contributed by atoms with Crippen LogP contribution in [0.1, 0.15) is 33.1 Å². The van der Waals surface area contributed by atoms with E-state index >= 15 is 0 Å². The Hall–Kier alpha value is -2.20. The lowest BCUT2D eigenvalue weighted by molar-refractivity contribution is -0.134. The maximum absolute atomic E-state index is 13.6. The minimum Gasteiger partial charge on any atom is -0.476 e. The Morgan fingerprint density at radius 2 is 2.00 bits per heavy atom. The van der Waals surface area contributed by atoms with Crippen LogP contribution in [0.2, 0.25) is 0 Å². The van der Waals surface area contributed by atoms with E-state index < -0.39 is 22.4 Å². The molecule has 0 spiro atoms. The number of unbranched alkanes of at least 4 members (excludes halogenated alkanes) is 1. The van der Waals surface area contributed by atoms with Gasteiger partial charge < -0.3 is 14.7 Å². The third-order valence-corrected chi connectivity index (χ3v) is 8.29. The molecule has 0 amide bonds. The van der Waals surface area contributed by atoms with Crippen LogP contribution in [0.25, 0.3) is 0 Å². The summed E-state index contributed by atoms with van der Waals surface area (Å²) in [4.78, 5) is 13.9. The number of carboxylic acids is 1. The zero-order chi connectivity index (χ0) is 24.0. The number of benzene rings is 2. The first kappa shape index (κ1) is 25.4. The average Bonchev–Trinajstić information content (AvgIpc) is 2.90. The Kier molecular flexibility index (Phi) is 8.69. The van der Waals surface area contributed by atoms with Crippen LogP contribution in [0.5, 0.6) is 5.75 Å². The molecule has 1 atom stereocenters. The van der Waals surface area contributed by atoms with Crippen molar-refractivity contribution in [1.29, 1.82) is 0 Å². The molecule has 0 radical (unpaired) electrons. The van der Waals surface area contributed by atoms with Crippen LogP contribution in [-0.4, -0.2) is 38.2 Å². The maximum atomic E-state index is 13.6. The fraction of sp³-hybridized carbons (Fsp3) is 0.375. The molecule has 2 aromatic carbocycles. The molecule has 180 valence electrons. The van der Waals surface area contributed by atoms with E-state index in [4.69, 9.17) is 9.84 Å². The van der Waals surface area contributed by atoms with Crippen LogP contribution < -0.4 is 9.64 Å². The average molecular weight is 496 g/mol. The Labute approximate surface area is 199 Å². The third kappa shape index (κ3) is 6.23. The molecule has 3 rings (SSSR count). The lowest BCUT2D eigenvalue weighted by atomic mass is 10.0. The van der Waals surface area contributed by atoms with E-state index in [0.29, 0.717) is 34.0 Å². The first-order valence-corrected chi connectivity index (χ1v) is 13.6. The summed E-state index contributed by atoms with van der Waals surface area (Å²) in [6.45, 7) is 4.70. The Bertz CT molecular complexity index is 1000. The van der Waals surface area contributed by atoms with E-state index in [1.165, 1.54) is 17.8 Å². The molecule has 1 aliphatic heterocycles. The van der Waals surface area contributed by atoms with Crippen molar-refractivity contribution in [2.24, 2.45) is 5.92 Å². The van der Waals surface area contributed by atoms with Gasteiger partial charge in [-0.25, -0.2) is 4.79 Å². The second-order valence-electron chi connectivity index (χ2n) is 7.88. The lowest BCUT2D eigenvalue weighted by Crippen LogP contribution is -2.25. The van der Waals surface area contributed by atoms with Crippen molar-refractivity contribution < 1.29 is 28.1 Å². The van der Waals surface area contributed by atoms with E-state index in [9.17, 15) is 18.3 Å². The molecule has 1 aliphatic rings. The monoisotopic (exact) mass is 495 g/mol. The smallest absolute Gasteiger partial charge is 0.368 e. The third-order valence-electron chi connectivity index (χ3n) is 5.40. The van der Waals surface area contributed by atoms with Crippen LogP contribution in [0.15, 0.2) is 64.3 Å². The van der Waals surface area contributed by atoms with Gasteiger partial charge in [0, 0.05) is 24.1 Å². The fourth-order valence-corrected chi connectivity index (χ4v) is 6.54. The molecule has 0 saturated carbocycles. The van der Waals surface area contributed by atoms with Crippen molar-refractivity contribution in [1.82, 2.24) is 0 Å². The van der Waals surface area contributed by atoms with Gasteiger partial charge in [-0.05, 0) is 36.3 Å². The number of hydrogen-bond acceptors (Lipinski definition) is 6. The highest BCUT2D eigenvalue weighted by Crippen LogP contribution is 2.59. The van der Waals surface area contributed by atoms with Crippen molar-refractivity contribution >= 4 is 39.7 Å². The van der Waals surface area contributed by atoms with Gasteiger partial charge in [-0.15, -0.1) is 11.8 Å². The zero-order valence-electron chi connectivity index (χ0n) is 18.7. The summed E-state index contributed by atoms with van der Waals surface area (Å²) in [5, 5.41) is 8.79. The number of hydrogen-bond donors (Lipinski definition) is 3. The van der Waals surface area contributed by atoms with Crippen LogP contribution in [0.4, 0.5) is 15.8 Å². The van der Waals surface area contributed by atoms with Gasteiger partial charge in [0.25, 0.3) is 0 Å². The van der Waals surface area contributed by atoms with Gasteiger partial charge in [0.05, 0.1) is 15.5 Å². The summed E-state index contributed by atoms with van der Waals surface area (Å²) < 4.78 is 41.4. The Morgan fingerprint density at radius 1 is 1.27 bits per heavy atom. The highest BCUT2D eigenvalue weighted by Gasteiger charge is 2.34. The number of fused-ring (bicyclic) bond motifs is 1. The number of rotatable bonds is 9. The standard InChI is InChI=1S/C24H30FNO5S2/c1-3-5-9-17-14-26(18-10-7-6-8-11-18)20-12-22(32-4-2)21(31-15-19(25)24(27)28)13-23(20)33(29,30)16-17/h6-8,10-13,15,17,29-30H,3-5,9,14,16H2,1-2H3,(H,27,28)/b19-15-/t17-/m0/s1. The summed E-state index contributed by atoms with van der Waals surface area (Å²) in [5.41, 5.74) is 1.61. The number of carboxylic acid groups (broad SMARTS) is 1. The maximum Gasteiger partial charge on any atom is 0.368 e. The second-order valence-corrected chi connectivity index (χ2v) is 11.3. The Balaban J connectivity index is 2.15. The highest BCUT2D eigenvalue weighted by molar-refractivity contribution is 8.24. The topological polar surface area (TPSA) is 90.2 Å². The number of carbonyl (C=O) groups is 1. The molecule has 6 nitrogen and oxygen atoms in total. The second kappa shape index (κ2) is 11.3. The van der Waals surface area contributed by atoms with Gasteiger partial charge in [-0.3, -0.25) is 9.11 Å². The van der Waals surface area contributed by atoms with Crippen molar-refractivity contribution in [3.8, 4) is 5.75 Å². The molecule has 3 N–H and O–H groups in total. The molecule has 0 unspecified atom stereocenters. The van der Waals surface area contributed by atoms with E-state index in [2.05, 4.69) is 11.8 Å². The molecular formula is C24H30FNO5S2. The van der Waals surface area contributed by atoms with Gasteiger partial charge in [0.15, 0.2) is 0 Å². The minimum absolute atomic E-state index is 0.0681. The zero-order valence-corrected chi connectivity index (χ0v) is 20.4. The van der Waals surface area contributed by atoms with Crippen LogP contribution >= 0.6 is 22.4 Å². The van der Waals surface area contributed by atoms with Crippen LogP contribution in [-0.2, 0) is 4.79 Å². The number of nitrogens with zero attached hydrogens (tertiary/aromatic N) is 1. The van der Waals surface area contributed by atoms with Gasteiger partial charge in [-0.1, -0.05) is 44.9 Å². The molecule has 0 aromatic heterocycles.